The van der Waals surface area contributed by atoms with E-state index >= 15 is 0 Å². The SMILES string of the molecule is CCOc1ccc(NC(=O)c2ccccc2NC(=O)C(=O)N/N=C/c2ccc(OC(=O)c3ccc(OC)cc3)c(OC)c2)cc1. The highest BCUT2D eigenvalue weighted by molar-refractivity contribution is 6.40. The number of carbonyl (C=O) groups is 4. The van der Waals surface area contributed by atoms with Crippen LogP contribution in [0.1, 0.15) is 33.2 Å². The summed E-state index contributed by atoms with van der Waals surface area (Å²) in [7, 11) is 2.93. The van der Waals surface area contributed by atoms with Gasteiger partial charge in [-0.2, -0.15) is 5.10 Å². The second-order valence-corrected chi connectivity index (χ2v) is 9.14. The molecule has 3 amide bonds. The Morgan fingerprint density at radius 2 is 1.47 bits per heavy atom. The van der Waals surface area contributed by atoms with E-state index in [1.165, 1.54) is 44.7 Å². The van der Waals surface area contributed by atoms with Gasteiger partial charge in [0.15, 0.2) is 11.5 Å². The number of hydrogen-bond donors (Lipinski definition) is 3. The molecule has 0 heterocycles. The number of hydrazone groups is 1. The fourth-order valence-corrected chi connectivity index (χ4v) is 3.92. The number of nitrogens with one attached hydrogen (secondary N) is 3. The zero-order valence-corrected chi connectivity index (χ0v) is 24.7. The predicted molar refractivity (Wildman–Crippen MR) is 167 cm³/mol. The molecule has 0 unspecified atom stereocenters. The predicted octanol–water partition coefficient (Wildman–Crippen LogP) is 4.66. The highest BCUT2D eigenvalue weighted by Crippen LogP contribution is 2.28. The first-order valence-corrected chi connectivity index (χ1v) is 13.6. The summed E-state index contributed by atoms with van der Waals surface area (Å²) in [5.74, 6) is -1.50. The molecule has 0 saturated carbocycles. The van der Waals surface area contributed by atoms with Gasteiger partial charge < -0.3 is 29.6 Å². The van der Waals surface area contributed by atoms with Crippen LogP contribution in [0.15, 0.2) is 96.1 Å². The molecule has 0 radical (unpaired) electrons. The molecule has 0 aromatic heterocycles. The lowest BCUT2D eigenvalue weighted by atomic mass is 10.1. The molecule has 12 heteroatoms. The summed E-state index contributed by atoms with van der Waals surface area (Å²) in [6.07, 6.45) is 1.28. The number of carbonyl (C=O) groups excluding carboxylic acids is 4. The van der Waals surface area contributed by atoms with Gasteiger partial charge in [-0.15, -0.1) is 0 Å². The van der Waals surface area contributed by atoms with Crippen LogP contribution >= 0.6 is 0 Å². The first kappa shape index (κ1) is 31.8. The van der Waals surface area contributed by atoms with Crippen molar-refractivity contribution in [1.82, 2.24) is 5.43 Å². The number of hydrogen-bond acceptors (Lipinski definition) is 9. The highest BCUT2D eigenvalue weighted by Gasteiger charge is 2.18. The van der Waals surface area contributed by atoms with Crippen LogP contribution in [-0.4, -0.2) is 50.7 Å². The number of methoxy groups -OCH3 is 2. The second kappa shape index (κ2) is 15.3. The summed E-state index contributed by atoms with van der Waals surface area (Å²) < 4.78 is 21.3. The largest absolute Gasteiger partial charge is 0.497 e. The first-order chi connectivity index (χ1) is 21.8. The summed E-state index contributed by atoms with van der Waals surface area (Å²) in [5.41, 5.74) is 3.75. The highest BCUT2D eigenvalue weighted by atomic mass is 16.6. The van der Waals surface area contributed by atoms with Crippen molar-refractivity contribution in [2.24, 2.45) is 5.10 Å². The lowest BCUT2D eigenvalue weighted by Gasteiger charge is -2.11. The number of esters is 1. The Kier molecular flexibility index (Phi) is 10.8. The molecule has 0 atom stereocenters. The van der Waals surface area contributed by atoms with Crippen LogP contribution in [0, 0.1) is 0 Å². The van der Waals surface area contributed by atoms with E-state index in [0.29, 0.717) is 34.9 Å². The summed E-state index contributed by atoms with van der Waals surface area (Å²) in [6, 6.07) is 24.1. The molecule has 0 aliphatic heterocycles. The Balaban J connectivity index is 1.34. The van der Waals surface area contributed by atoms with Crippen LogP contribution in [0.5, 0.6) is 23.0 Å². The monoisotopic (exact) mass is 610 g/mol. The van der Waals surface area contributed by atoms with Crippen molar-refractivity contribution in [2.75, 3.05) is 31.5 Å². The van der Waals surface area contributed by atoms with Gasteiger partial charge in [0.1, 0.15) is 11.5 Å². The van der Waals surface area contributed by atoms with E-state index in [1.807, 2.05) is 6.92 Å². The van der Waals surface area contributed by atoms with Crippen molar-refractivity contribution in [3.05, 3.63) is 108 Å². The third kappa shape index (κ3) is 8.67. The molecule has 4 aromatic carbocycles. The minimum absolute atomic E-state index is 0.134. The van der Waals surface area contributed by atoms with Crippen LogP contribution in [-0.2, 0) is 9.59 Å². The first-order valence-electron chi connectivity index (χ1n) is 13.6. The zero-order chi connectivity index (χ0) is 32.2. The van der Waals surface area contributed by atoms with Crippen LogP contribution in [0.4, 0.5) is 11.4 Å². The number of ether oxygens (including phenoxy) is 4. The van der Waals surface area contributed by atoms with Gasteiger partial charge in [-0.05, 0) is 91.3 Å². The van der Waals surface area contributed by atoms with E-state index in [9.17, 15) is 19.2 Å². The maximum absolute atomic E-state index is 12.9. The Bertz CT molecular complexity index is 1700. The molecule has 45 heavy (non-hydrogen) atoms. The van der Waals surface area contributed by atoms with Crippen LogP contribution in [0.2, 0.25) is 0 Å². The van der Waals surface area contributed by atoms with Gasteiger partial charge >= 0.3 is 17.8 Å². The number of rotatable bonds is 11. The molecule has 0 bridgehead atoms. The van der Waals surface area contributed by atoms with E-state index < -0.39 is 23.7 Å². The fraction of sp³-hybridized carbons (Fsp3) is 0.121. The molecule has 0 fully saturated rings. The number of amides is 3. The molecule has 12 nitrogen and oxygen atoms in total. The average molecular weight is 611 g/mol. The Morgan fingerprint density at radius 3 is 2.16 bits per heavy atom. The molecular formula is C33H30N4O8. The van der Waals surface area contributed by atoms with Crippen LogP contribution in [0.3, 0.4) is 0 Å². The molecule has 230 valence electrons. The van der Waals surface area contributed by atoms with Crippen molar-refractivity contribution in [3.8, 4) is 23.0 Å². The summed E-state index contributed by atoms with van der Waals surface area (Å²) >= 11 is 0. The minimum Gasteiger partial charge on any atom is -0.497 e. The van der Waals surface area contributed by atoms with Crippen molar-refractivity contribution in [3.63, 3.8) is 0 Å². The summed E-state index contributed by atoms with van der Waals surface area (Å²) in [5, 5.41) is 9.00. The van der Waals surface area contributed by atoms with Gasteiger partial charge in [0.05, 0.1) is 43.9 Å². The molecule has 3 N–H and O–H groups in total. The van der Waals surface area contributed by atoms with E-state index in [-0.39, 0.29) is 22.7 Å². The Labute approximate surface area is 259 Å². The van der Waals surface area contributed by atoms with Gasteiger partial charge in [-0.3, -0.25) is 14.4 Å². The van der Waals surface area contributed by atoms with E-state index in [2.05, 4.69) is 21.2 Å². The summed E-state index contributed by atoms with van der Waals surface area (Å²) in [4.78, 5) is 50.4. The van der Waals surface area contributed by atoms with Gasteiger partial charge in [-0.25, -0.2) is 10.2 Å². The molecule has 0 aliphatic rings. The molecular weight excluding hydrogens is 580 g/mol. The number of para-hydroxylation sites is 1. The molecule has 0 aliphatic carbocycles. The quantitative estimate of drug-likeness (QED) is 0.0729. The van der Waals surface area contributed by atoms with Gasteiger partial charge in [0.2, 0.25) is 0 Å². The average Bonchev–Trinajstić information content (AvgIpc) is 3.06. The number of nitrogens with zero attached hydrogens (tertiary/aromatic N) is 1. The standard InChI is InChI=1S/C33H30N4O8/c1-4-44-25-16-12-23(13-17-25)35-30(38)26-7-5-6-8-27(26)36-31(39)32(40)37-34-20-21-9-18-28(29(19-21)43-3)45-33(41)22-10-14-24(42-2)15-11-22/h5-20H,4H2,1-3H3,(H,35,38)(H,36,39)(H,37,40)/b34-20+. The Morgan fingerprint density at radius 1 is 0.756 bits per heavy atom. The van der Waals surface area contributed by atoms with Crippen molar-refractivity contribution >= 4 is 41.3 Å². The normalized spacial score (nSPS) is 10.5. The maximum atomic E-state index is 12.9. The van der Waals surface area contributed by atoms with E-state index in [0.717, 1.165) is 0 Å². The topological polar surface area (TPSA) is 154 Å². The van der Waals surface area contributed by atoms with E-state index in [1.54, 1.807) is 66.7 Å². The Hall–Kier alpha value is -6.17. The smallest absolute Gasteiger partial charge is 0.343 e. The van der Waals surface area contributed by atoms with Gasteiger partial charge in [0, 0.05) is 5.69 Å². The van der Waals surface area contributed by atoms with Gasteiger partial charge in [-0.1, -0.05) is 12.1 Å². The van der Waals surface area contributed by atoms with E-state index in [4.69, 9.17) is 18.9 Å². The molecule has 4 rings (SSSR count). The van der Waals surface area contributed by atoms with Gasteiger partial charge in [0.25, 0.3) is 5.91 Å². The van der Waals surface area contributed by atoms with Crippen LogP contribution < -0.4 is 35.0 Å². The lowest BCUT2D eigenvalue weighted by molar-refractivity contribution is -0.136. The van der Waals surface area contributed by atoms with Crippen molar-refractivity contribution in [1.29, 1.82) is 0 Å². The number of anilines is 2. The molecule has 0 spiro atoms. The number of benzene rings is 4. The zero-order valence-electron chi connectivity index (χ0n) is 24.7. The fourth-order valence-electron chi connectivity index (χ4n) is 3.92. The minimum atomic E-state index is -1.06. The van der Waals surface area contributed by atoms with Crippen molar-refractivity contribution in [2.45, 2.75) is 6.92 Å². The summed E-state index contributed by atoms with van der Waals surface area (Å²) in [6.45, 7) is 2.39. The van der Waals surface area contributed by atoms with Crippen molar-refractivity contribution < 1.29 is 38.1 Å². The third-order valence-corrected chi connectivity index (χ3v) is 6.15. The van der Waals surface area contributed by atoms with Crippen LogP contribution in [0.25, 0.3) is 0 Å². The lowest BCUT2D eigenvalue weighted by Crippen LogP contribution is -2.33. The molecule has 0 saturated heterocycles. The third-order valence-electron chi connectivity index (χ3n) is 6.15. The second-order valence-electron chi connectivity index (χ2n) is 9.14. The maximum Gasteiger partial charge on any atom is 0.343 e. The molecule has 4 aromatic rings.